The Hall–Kier alpha value is -0.570. The van der Waals surface area contributed by atoms with Crippen molar-refractivity contribution in [3.8, 4) is 0 Å². The quantitative estimate of drug-likeness (QED) is 0.541. The fraction of sp³-hybridized carbons (Fsp3) is 0.800. The molecule has 0 atom stereocenters. The fourth-order valence-corrected chi connectivity index (χ4v) is 0.657. The Morgan fingerprint density at radius 2 is 2.50 bits per heavy atom. The van der Waals surface area contributed by atoms with Gasteiger partial charge in [-0.25, -0.2) is 0 Å². The maximum absolute atomic E-state index is 4.04. The van der Waals surface area contributed by atoms with E-state index in [4.69, 9.17) is 0 Å². The molecular formula is C5H13N3. The summed E-state index contributed by atoms with van der Waals surface area (Å²) in [6.07, 6.45) is 1.92. The van der Waals surface area contributed by atoms with Crippen LogP contribution >= 0.6 is 0 Å². The van der Waals surface area contributed by atoms with Gasteiger partial charge in [-0.15, -0.1) is 0 Å². The molecule has 1 aliphatic heterocycles. The molecule has 0 aliphatic carbocycles. The van der Waals surface area contributed by atoms with Gasteiger partial charge in [-0.05, 0) is 6.92 Å². The fourth-order valence-electron chi connectivity index (χ4n) is 0.657. The maximum atomic E-state index is 4.04. The molecule has 0 bridgehead atoms. The van der Waals surface area contributed by atoms with Crippen molar-refractivity contribution in [1.29, 1.82) is 0 Å². The second-order valence-electron chi connectivity index (χ2n) is 1.65. The zero-order valence-corrected chi connectivity index (χ0v) is 5.30. The first kappa shape index (κ1) is 7.43. The number of nitrogens with zero attached hydrogens (tertiary/aromatic N) is 2. The smallest absolute Gasteiger partial charge is 0.0851 e. The van der Waals surface area contributed by atoms with Crippen molar-refractivity contribution in [2.24, 2.45) is 4.99 Å². The van der Waals surface area contributed by atoms with Gasteiger partial charge < -0.3 is 11.1 Å². The lowest BCUT2D eigenvalue weighted by molar-refractivity contribution is 0.494. The van der Waals surface area contributed by atoms with E-state index < -0.39 is 0 Å². The van der Waals surface area contributed by atoms with Crippen LogP contribution in [0.15, 0.2) is 4.99 Å². The first-order chi connectivity index (χ1) is 3.43. The second kappa shape index (κ2) is 3.43. The molecule has 0 fully saturated rings. The van der Waals surface area contributed by atoms with Crippen LogP contribution in [0.2, 0.25) is 0 Å². The van der Waals surface area contributed by atoms with E-state index in [0.717, 1.165) is 19.6 Å². The molecule has 1 heterocycles. The standard InChI is InChI=1S/C5H10N2.H3N/c1-2-7-4-3-6-5-7;/h5H,2-4H2,1H3;1H3. The summed E-state index contributed by atoms with van der Waals surface area (Å²) in [7, 11) is 0. The molecule has 1 rings (SSSR count). The van der Waals surface area contributed by atoms with Crippen LogP contribution in [0.3, 0.4) is 0 Å². The molecule has 0 aromatic carbocycles. The highest BCUT2D eigenvalue weighted by molar-refractivity contribution is 5.56. The maximum Gasteiger partial charge on any atom is 0.0851 e. The summed E-state index contributed by atoms with van der Waals surface area (Å²) in [4.78, 5) is 6.23. The lowest BCUT2D eigenvalue weighted by atomic mass is 10.6. The van der Waals surface area contributed by atoms with Gasteiger partial charge in [-0.2, -0.15) is 0 Å². The number of hydrogen-bond acceptors (Lipinski definition) is 3. The molecule has 1 aliphatic rings. The lowest BCUT2D eigenvalue weighted by Gasteiger charge is -2.07. The lowest BCUT2D eigenvalue weighted by Crippen LogP contribution is -2.18. The topological polar surface area (TPSA) is 50.6 Å². The predicted octanol–water partition coefficient (Wildman–Crippen LogP) is 0.512. The summed E-state index contributed by atoms with van der Waals surface area (Å²) >= 11 is 0. The Morgan fingerprint density at radius 3 is 2.75 bits per heavy atom. The number of hydrogen-bond donors (Lipinski definition) is 1. The minimum atomic E-state index is 0. The van der Waals surface area contributed by atoms with Crippen LogP contribution in [0.25, 0.3) is 0 Å². The Kier molecular flexibility index (Phi) is 3.19. The van der Waals surface area contributed by atoms with Crippen molar-refractivity contribution >= 4 is 6.34 Å². The van der Waals surface area contributed by atoms with E-state index in [1.54, 1.807) is 0 Å². The molecule has 8 heavy (non-hydrogen) atoms. The van der Waals surface area contributed by atoms with Gasteiger partial charge in [-0.3, -0.25) is 4.99 Å². The van der Waals surface area contributed by atoms with E-state index in [1.165, 1.54) is 0 Å². The Balaban J connectivity index is 0.000000490. The molecule has 0 unspecified atom stereocenters. The van der Waals surface area contributed by atoms with E-state index in [0.29, 0.717) is 0 Å². The third-order valence-corrected chi connectivity index (χ3v) is 1.17. The summed E-state index contributed by atoms with van der Waals surface area (Å²) in [5, 5.41) is 0. The summed E-state index contributed by atoms with van der Waals surface area (Å²) in [5.74, 6) is 0. The molecule has 0 amide bonds. The first-order valence-electron chi connectivity index (χ1n) is 2.67. The second-order valence-corrected chi connectivity index (χ2v) is 1.65. The van der Waals surface area contributed by atoms with Crippen molar-refractivity contribution in [1.82, 2.24) is 11.1 Å². The zero-order valence-electron chi connectivity index (χ0n) is 5.30. The van der Waals surface area contributed by atoms with Gasteiger partial charge in [0.2, 0.25) is 0 Å². The number of likely N-dealkylation sites (N-methyl/N-ethyl adjacent to an activating group) is 1. The molecule has 3 heteroatoms. The average Bonchev–Trinajstić information content (AvgIpc) is 2.14. The van der Waals surface area contributed by atoms with Crippen molar-refractivity contribution in [3.05, 3.63) is 0 Å². The summed E-state index contributed by atoms with van der Waals surface area (Å²) in [6.45, 7) is 5.35. The molecular weight excluding hydrogens is 102 g/mol. The van der Waals surface area contributed by atoms with Gasteiger partial charge in [0.1, 0.15) is 0 Å². The SMILES string of the molecule is CCN1C=NCC1.N. The van der Waals surface area contributed by atoms with Crippen LogP contribution < -0.4 is 6.15 Å². The highest BCUT2D eigenvalue weighted by Crippen LogP contribution is 1.89. The largest absolute Gasteiger partial charge is 0.361 e. The van der Waals surface area contributed by atoms with Gasteiger partial charge in [0.25, 0.3) is 0 Å². The summed E-state index contributed by atoms with van der Waals surface area (Å²) in [5.41, 5.74) is 0. The van der Waals surface area contributed by atoms with Crippen LogP contribution in [-0.2, 0) is 0 Å². The Labute approximate surface area is 50.0 Å². The number of rotatable bonds is 1. The predicted molar refractivity (Wildman–Crippen MR) is 35.6 cm³/mol. The average molecular weight is 115 g/mol. The van der Waals surface area contributed by atoms with Crippen LogP contribution in [0.5, 0.6) is 0 Å². The van der Waals surface area contributed by atoms with Crippen molar-refractivity contribution in [2.75, 3.05) is 19.6 Å². The monoisotopic (exact) mass is 115 g/mol. The van der Waals surface area contributed by atoms with Gasteiger partial charge in [0.05, 0.1) is 12.9 Å². The highest BCUT2D eigenvalue weighted by atomic mass is 15.2. The Morgan fingerprint density at radius 1 is 1.75 bits per heavy atom. The Bertz CT molecular complexity index is 79.7. The van der Waals surface area contributed by atoms with Crippen molar-refractivity contribution < 1.29 is 0 Å². The minimum absolute atomic E-state index is 0. The van der Waals surface area contributed by atoms with Gasteiger partial charge in [-0.1, -0.05) is 0 Å². The first-order valence-corrected chi connectivity index (χ1v) is 2.67. The molecule has 3 nitrogen and oxygen atoms in total. The van der Waals surface area contributed by atoms with Crippen LogP contribution in [0.1, 0.15) is 6.92 Å². The molecule has 48 valence electrons. The van der Waals surface area contributed by atoms with Crippen LogP contribution in [0.4, 0.5) is 0 Å². The van der Waals surface area contributed by atoms with E-state index in [1.807, 2.05) is 6.34 Å². The summed E-state index contributed by atoms with van der Waals surface area (Å²) < 4.78 is 0. The van der Waals surface area contributed by atoms with Gasteiger partial charge >= 0.3 is 0 Å². The molecule has 0 saturated carbocycles. The van der Waals surface area contributed by atoms with E-state index in [2.05, 4.69) is 16.8 Å². The molecule has 0 aromatic heterocycles. The van der Waals surface area contributed by atoms with Crippen molar-refractivity contribution in [2.45, 2.75) is 6.92 Å². The highest BCUT2D eigenvalue weighted by Gasteiger charge is 1.98. The van der Waals surface area contributed by atoms with E-state index in [-0.39, 0.29) is 6.15 Å². The molecule has 0 spiro atoms. The van der Waals surface area contributed by atoms with E-state index in [9.17, 15) is 0 Å². The third-order valence-electron chi connectivity index (χ3n) is 1.17. The molecule has 0 aromatic rings. The normalized spacial score (nSPS) is 16.4. The van der Waals surface area contributed by atoms with Crippen LogP contribution in [0, 0.1) is 0 Å². The van der Waals surface area contributed by atoms with Gasteiger partial charge in [0.15, 0.2) is 0 Å². The van der Waals surface area contributed by atoms with E-state index >= 15 is 0 Å². The molecule has 0 radical (unpaired) electrons. The van der Waals surface area contributed by atoms with Crippen LogP contribution in [-0.4, -0.2) is 30.9 Å². The van der Waals surface area contributed by atoms with Crippen molar-refractivity contribution in [3.63, 3.8) is 0 Å². The third kappa shape index (κ3) is 1.50. The van der Waals surface area contributed by atoms with Gasteiger partial charge in [0, 0.05) is 13.1 Å². The summed E-state index contributed by atoms with van der Waals surface area (Å²) in [6, 6.07) is 0. The number of aliphatic imine (C=N–C) groups is 1. The molecule has 0 saturated heterocycles. The molecule has 3 N–H and O–H groups in total. The minimum Gasteiger partial charge on any atom is -0.361 e. The zero-order chi connectivity index (χ0) is 5.11.